The van der Waals surface area contributed by atoms with Crippen LogP contribution in [-0.2, 0) is 19.1 Å². The first kappa shape index (κ1) is 17.9. The van der Waals surface area contributed by atoms with E-state index in [-0.39, 0.29) is 19.6 Å². The van der Waals surface area contributed by atoms with E-state index in [0.29, 0.717) is 6.42 Å². The van der Waals surface area contributed by atoms with E-state index in [2.05, 4.69) is 0 Å². The van der Waals surface area contributed by atoms with Crippen LogP contribution in [0, 0.1) is 5.92 Å². The molecule has 1 rings (SSSR count). The second-order valence-corrected chi connectivity index (χ2v) is 5.07. The maximum absolute atomic E-state index is 12.5. The molecule has 3 unspecified atom stereocenters. The highest BCUT2D eigenvalue weighted by molar-refractivity contribution is 6.06. The Kier molecular flexibility index (Phi) is 6.12. The molecule has 1 aliphatic heterocycles. The Morgan fingerprint density at radius 2 is 1.71 bits per heavy atom. The Morgan fingerprint density at radius 3 is 2.05 bits per heavy atom. The van der Waals surface area contributed by atoms with Crippen LogP contribution in [-0.4, -0.2) is 58.3 Å². The molecule has 0 amide bonds. The third kappa shape index (κ3) is 2.90. The third-order valence-electron chi connectivity index (χ3n) is 3.88. The average Bonchev–Trinajstić information content (AvgIpc) is 2.72. The summed E-state index contributed by atoms with van der Waals surface area (Å²) < 4.78 is 10.1. The quantitative estimate of drug-likeness (QED) is 0.536. The average molecular weight is 303 g/mol. The zero-order valence-corrected chi connectivity index (χ0v) is 13.0. The zero-order valence-electron chi connectivity index (χ0n) is 13.0. The highest BCUT2D eigenvalue weighted by atomic mass is 16.6. The molecule has 3 atom stereocenters. The number of carbonyl (C=O) groups excluding carboxylic acids is 2. The van der Waals surface area contributed by atoms with E-state index in [4.69, 9.17) is 9.47 Å². The summed E-state index contributed by atoms with van der Waals surface area (Å²) in [5.74, 6) is -2.05. The second kappa shape index (κ2) is 7.20. The lowest BCUT2D eigenvalue weighted by Crippen LogP contribution is -2.65. The Morgan fingerprint density at radius 1 is 1.24 bits per heavy atom. The van der Waals surface area contributed by atoms with Crippen molar-refractivity contribution in [2.75, 3.05) is 13.2 Å². The van der Waals surface area contributed by atoms with Gasteiger partial charge in [-0.15, -0.1) is 0 Å². The molecule has 7 nitrogen and oxygen atoms in total. The van der Waals surface area contributed by atoms with Crippen LogP contribution >= 0.6 is 0 Å². The molecule has 2 N–H and O–H groups in total. The van der Waals surface area contributed by atoms with Gasteiger partial charge in [-0.25, -0.2) is 14.5 Å². The van der Waals surface area contributed by atoms with E-state index in [1.165, 1.54) is 6.92 Å². The van der Waals surface area contributed by atoms with Gasteiger partial charge in [0, 0.05) is 5.92 Å². The molecule has 1 saturated heterocycles. The Labute approximate surface area is 124 Å². The number of aliphatic hydroxyl groups is 2. The minimum atomic E-state index is -1.80. The van der Waals surface area contributed by atoms with E-state index in [1.807, 2.05) is 6.92 Å². The minimum Gasteiger partial charge on any atom is -0.464 e. The van der Waals surface area contributed by atoms with Gasteiger partial charge in [-0.3, -0.25) is 0 Å². The smallest absolute Gasteiger partial charge is 0.338 e. The molecule has 0 aromatic rings. The second-order valence-electron chi connectivity index (χ2n) is 5.07. The van der Waals surface area contributed by atoms with Gasteiger partial charge in [0.25, 0.3) is 0 Å². The van der Waals surface area contributed by atoms with Crippen molar-refractivity contribution in [3.8, 4) is 0 Å². The largest absolute Gasteiger partial charge is 0.464 e. The topological polar surface area (TPSA) is 96.3 Å². The summed E-state index contributed by atoms with van der Waals surface area (Å²) in [6.45, 7) is 6.68. The van der Waals surface area contributed by atoms with Gasteiger partial charge in [-0.1, -0.05) is 13.3 Å². The van der Waals surface area contributed by atoms with Crippen molar-refractivity contribution in [2.24, 2.45) is 5.92 Å². The van der Waals surface area contributed by atoms with Gasteiger partial charge in [0.15, 0.2) is 0 Å². The third-order valence-corrected chi connectivity index (χ3v) is 3.88. The monoisotopic (exact) mass is 303 g/mol. The summed E-state index contributed by atoms with van der Waals surface area (Å²) in [6, 6.07) is 0. The van der Waals surface area contributed by atoms with Gasteiger partial charge in [-0.2, -0.15) is 0 Å². The van der Waals surface area contributed by atoms with Crippen molar-refractivity contribution in [3.63, 3.8) is 0 Å². The van der Waals surface area contributed by atoms with E-state index in [9.17, 15) is 19.8 Å². The fourth-order valence-corrected chi connectivity index (χ4v) is 3.10. The molecule has 0 bridgehead atoms. The molecule has 1 fully saturated rings. The van der Waals surface area contributed by atoms with Crippen LogP contribution in [0.25, 0.3) is 0 Å². The van der Waals surface area contributed by atoms with Crippen molar-refractivity contribution < 1.29 is 29.3 Å². The van der Waals surface area contributed by atoms with Gasteiger partial charge in [-0.05, 0) is 27.2 Å². The van der Waals surface area contributed by atoms with Crippen LogP contribution in [0.15, 0.2) is 0 Å². The molecule has 0 aromatic heterocycles. The van der Waals surface area contributed by atoms with Crippen LogP contribution in [0.5, 0.6) is 0 Å². The molecular formula is C14H25NO6. The number of rotatable bonds is 6. The number of carbonyl (C=O) groups is 2. The molecule has 0 aromatic carbocycles. The molecule has 7 heteroatoms. The minimum absolute atomic E-state index is 0.0974. The van der Waals surface area contributed by atoms with Crippen molar-refractivity contribution in [1.29, 1.82) is 0 Å². The van der Waals surface area contributed by atoms with Crippen molar-refractivity contribution in [2.45, 2.75) is 58.5 Å². The van der Waals surface area contributed by atoms with Gasteiger partial charge in [0.2, 0.25) is 5.54 Å². The lowest BCUT2D eigenvalue weighted by atomic mass is 9.82. The lowest BCUT2D eigenvalue weighted by molar-refractivity contribution is -0.194. The molecule has 21 heavy (non-hydrogen) atoms. The summed E-state index contributed by atoms with van der Waals surface area (Å²) >= 11 is 0. The number of likely N-dealkylation sites (tertiary alicyclic amines) is 1. The zero-order chi connectivity index (χ0) is 16.2. The van der Waals surface area contributed by atoms with Gasteiger partial charge in [0.05, 0.1) is 13.2 Å². The number of hydrogen-bond donors (Lipinski definition) is 2. The van der Waals surface area contributed by atoms with Crippen LogP contribution in [0.3, 0.4) is 0 Å². The van der Waals surface area contributed by atoms with Gasteiger partial charge < -0.3 is 19.7 Å². The first-order valence-electron chi connectivity index (χ1n) is 7.36. The van der Waals surface area contributed by atoms with Crippen molar-refractivity contribution in [1.82, 2.24) is 4.90 Å². The van der Waals surface area contributed by atoms with E-state index in [1.54, 1.807) is 13.8 Å². The normalized spacial score (nSPS) is 26.4. The summed E-state index contributed by atoms with van der Waals surface area (Å²) in [6.07, 6.45) is -1.63. The summed E-state index contributed by atoms with van der Waals surface area (Å²) in [5.41, 5.74) is -1.80. The standard InChI is InChI=1S/C14H25NO6/c1-5-10-8-11(17)15(9(4)16)14(10,12(18)20-6-2)13(19)21-7-3/h9-11,16-17H,5-8H2,1-4H3. The molecular weight excluding hydrogens is 278 g/mol. The number of nitrogens with zero attached hydrogens (tertiary/aromatic N) is 1. The molecule has 1 aliphatic rings. The Bertz CT molecular complexity index is 366. The highest BCUT2D eigenvalue weighted by Gasteiger charge is 2.65. The fraction of sp³-hybridized carbons (Fsp3) is 0.857. The summed E-state index contributed by atoms with van der Waals surface area (Å²) in [5, 5.41) is 20.1. The molecule has 1 heterocycles. The number of esters is 2. The van der Waals surface area contributed by atoms with Crippen LogP contribution in [0.2, 0.25) is 0 Å². The molecule has 0 spiro atoms. The lowest BCUT2D eigenvalue weighted by Gasteiger charge is -2.39. The van der Waals surface area contributed by atoms with E-state index >= 15 is 0 Å². The maximum Gasteiger partial charge on any atom is 0.338 e. The van der Waals surface area contributed by atoms with E-state index in [0.717, 1.165) is 4.90 Å². The van der Waals surface area contributed by atoms with Crippen molar-refractivity contribution >= 4 is 11.9 Å². The molecule has 0 aliphatic carbocycles. The molecule has 0 radical (unpaired) electrons. The number of aliphatic hydroxyl groups excluding tert-OH is 2. The first-order chi connectivity index (χ1) is 9.87. The maximum atomic E-state index is 12.5. The van der Waals surface area contributed by atoms with Crippen molar-refractivity contribution in [3.05, 3.63) is 0 Å². The number of hydrogen-bond acceptors (Lipinski definition) is 7. The van der Waals surface area contributed by atoms with Crippen LogP contribution < -0.4 is 0 Å². The number of ether oxygens (including phenoxy) is 2. The molecule has 0 saturated carbocycles. The van der Waals surface area contributed by atoms with Gasteiger partial charge in [0.1, 0.15) is 12.5 Å². The van der Waals surface area contributed by atoms with Crippen LogP contribution in [0.1, 0.15) is 40.5 Å². The van der Waals surface area contributed by atoms with E-state index < -0.39 is 35.9 Å². The fourth-order valence-electron chi connectivity index (χ4n) is 3.10. The van der Waals surface area contributed by atoms with Crippen LogP contribution in [0.4, 0.5) is 0 Å². The predicted octanol–water partition coefficient (Wildman–Crippen LogP) is 0.240. The Balaban J connectivity index is 3.40. The summed E-state index contributed by atoms with van der Waals surface area (Å²) in [7, 11) is 0. The predicted molar refractivity (Wildman–Crippen MR) is 73.9 cm³/mol. The van der Waals surface area contributed by atoms with Gasteiger partial charge >= 0.3 is 11.9 Å². The summed E-state index contributed by atoms with van der Waals surface area (Å²) in [4.78, 5) is 26.1. The highest BCUT2D eigenvalue weighted by Crippen LogP contribution is 2.43. The Hall–Kier alpha value is -1.18. The molecule has 122 valence electrons. The first-order valence-corrected chi connectivity index (χ1v) is 7.36. The SMILES string of the molecule is CCOC(=O)C1(C(=O)OCC)C(CC)CC(O)N1C(C)O.